The monoisotopic (exact) mass is 400 g/mol. The number of hydrogen-bond donors (Lipinski definition) is 3. The summed E-state index contributed by atoms with van der Waals surface area (Å²) in [4.78, 5) is 38.2. The van der Waals surface area contributed by atoms with Gasteiger partial charge in [0.25, 0.3) is 11.5 Å². The topological polar surface area (TPSA) is 114 Å². The summed E-state index contributed by atoms with van der Waals surface area (Å²) in [5.74, 6) is -2.78. The Morgan fingerprint density at radius 2 is 2.00 bits per heavy atom. The number of halogens is 1. The van der Waals surface area contributed by atoms with Gasteiger partial charge < -0.3 is 25.2 Å². The zero-order chi connectivity index (χ0) is 20.1. The van der Waals surface area contributed by atoms with Crippen LogP contribution in [0.25, 0.3) is 0 Å². The number of fused-ring (bicyclic) bond motifs is 2. The molecule has 0 aromatic heterocycles. The quantitative estimate of drug-likeness (QED) is 0.535. The SMILES string of the molecule is COC(=O)C1=C(Nc2ccccc2O)C(=O)OC12C(=O)Nc1ccc(Cl)cc12. The molecule has 142 valence electrons. The van der Waals surface area contributed by atoms with Crippen molar-refractivity contribution in [3.05, 3.63) is 64.3 Å². The molecule has 3 N–H and O–H groups in total. The fourth-order valence-electron chi connectivity index (χ4n) is 3.29. The van der Waals surface area contributed by atoms with E-state index < -0.39 is 23.4 Å². The van der Waals surface area contributed by atoms with Crippen LogP contribution in [0.15, 0.2) is 53.7 Å². The van der Waals surface area contributed by atoms with Crippen molar-refractivity contribution in [1.29, 1.82) is 0 Å². The summed E-state index contributed by atoms with van der Waals surface area (Å²) in [6.07, 6.45) is 0. The molecule has 2 aliphatic heterocycles. The number of carbonyl (C=O) groups excluding carboxylic acids is 3. The molecule has 0 radical (unpaired) electrons. The lowest BCUT2D eigenvalue weighted by molar-refractivity contribution is -0.156. The third-order valence-corrected chi connectivity index (χ3v) is 4.77. The molecule has 1 atom stereocenters. The minimum atomic E-state index is -2.04. The predicted octanol–water partition coefficient (Wildman–Crippen LogP) is 2.29. The summed E-state index contributed by atoms with van der Waals surface area (Å²) in [5, 5.41) is 15.6. The number of phenolic OH excluding ortho intramolecular Hbond substituents is 1. The first-order chi connectivity index (χ1) is 13.4. The van der Waals surface area contributed by atoms with Crippen molar-refractivity contribution < 1.29 is 29.0 Å². The fourth-order valence-corrected chi connectivity index (χ4v) is 3.47. The summed E-state index contributed by atoms with van der Waals surface area (Å²) in [7, 11) is 1.12. The number of ether oxygens (including phenoxy) is 2. The molecule has 0 saturated heterocycles. The van der Waals surface area contributed by atoms with Crippen molar-refractivity contribution in [3.63, 3.8) is 0 Å². The Hall–Kier alpha value is -3.52. The van der Waals surface area contributed by atoms with E-state index in [0.717, 1.165) is 7.11 Å². The average molecular weight is 401 g/mol. The Labute approximate surface area is 163 Å². The molecular weight excluding hydrogens is 388 g/mol. The Bertz CT molecular complexity index is 1080. The molecule has 0 bridgehead atoms. The van der Waals surface area contributed by atoms with Gasteiger partial charge in [-0.2, -0.15) is 0 Å². The maximum Gasteiger partial charge on any atom is 0.357 e. The van der Waals surface area contributed by atoms with Gasteiger partial charge in [-0.1, -0.05) is 23.7 Å². The van der Waals surface area contributed by atoms with Gasteiger partial charge in [0.1, 0.15) is 17.0 Å². The number of aromatic hydroxyl groups is 1. The van der Waals surface area contributed by atoms with Crippen LogP contribution in [0.5, 0.6) is 5.75 Å². The summed E-state index contributed by atoms with van der Waals surface area (Å²) >= 11 is 6.06. The average Bonchev–Trinajstić information content (AvgIpc) is 3.11. The normalized spacial score (nSPS) is 20.1. The highest BCUT2D eigenvalue weighted by Crippen LogP contribution is 2.50. The number of para-hydroxylation sites is 2. The van der Waals surface area contributed by atoms with Crippen LogP contribution in [0.3, 0.4) is 0 Å². The summed E-state index contributed by atoms with van der Waals surface area (Å²) in [5.41, 5.74) is -1.96. The lowest BCUT2D eigenvalue weighted by Gasteiger charge is -2.22. The maximum atomic E-state index is 12.9. The smallest absolute Gasteiger partial charge is 0.357 e. The molecule has 0 aliphatic carbocycles. The summed E-state index contributed by atoms with van der Waals surface area (Å²) < 4.78 is 10.3. The molecule has 1 unspecified atom stereocenters. The first-order valence-corrected chi connectivity index (χ1v) is 8.49. The number of hydrogen-bond acceptors (Lipinski definition) is 7. The van der Waals surface area contributed by atoms with Gasteiger partial charge in [0, 0.05) is 16.3 Å². The van der Waals surface area contributed by atoms with E-state index in [2.05, 4.69) is 10.6 Å². The Morgan fingerprint density at radius 1 is 1.25 bits per heavy atom. The van der Waals surface area contributed by atoms with E-state index >= 15 is 0 Å². The van der Waals surface area contributed by atoms with E-state index in [1.807, 2.05) is 0 Å². The second kappa shape index (κ2) is 6.28. The van der Waals surface area contributed by atoms with Crippen LogP contribution in [0.1, 0.15) is 5.56 Å². The lowest BCUT2D eigenvalue weighted by Crippen LogP contribution is -2.39. The number of methoxy groups -OCH3 is 1. The molecular formula is C19H13ClN2O6. The van der Waals surface area contributed by atoms with E-state index in [0.29, 0.717) is 5.69 Å². The molecule has 2 heterocycles. The first-order valence-electron chi connectivity index (χ1n) is 8.11. The number of anilines is 2. The van der Waals surface area contributed by atoms with Gasteiger partial charge in [0.15, 0.2) is 0 Å². The van der Waals surface area contributed by atoms with Gasteiger partial charge in [-0.25, -0.2) is 9.59 Å². The van der Waals surface area contributed by atoms with Gasteiger partial charge >= 0.3 is 11.9 Å². The van der Waals surface area contributed by atoms with Crippen LogP contribution in [0.4, 0.5) is 11.4 Å². The van der Waals surface area contributed by atoms with E-state index in [-0.39, 0.29) is 33.3 Å². The van der Waals surface area contributed by atoms with E-state index in [1.54, 1.807) is 24.3 Å². The number of carbonyl (C=O) groups is 3. The molecule has 1 spiro atoms. The van der Waals surface area contributed by atoms with E-state index in [9.17, 15) is 19.5 Å². The summed E-state index contributed by atoms with van der Waals surface area (Å²) in [6, 6.07) is 10.6. The van der Waals surface area contributed by atoms with Crippen LogP contribution in [0, 0.1) is 0 Å². The highest BCUT2D eigenvalue weighted by atomic mass is 35.5. The molecule has 8 nitrogen and oxygen atoms in total. The van der Waals surface area contributed by atoms with Crippen LogP contribution in [-0.2, 0) is 29.5 Å². The lowest BCUT2D eigenvalue weighted by atomic mass is 9.87. The molecule has 1 amide bonds. The van der Waals surface area contributed by atoms with Gasteiger partial charge in [-0.05, 0) is 30.3 Å². The zero-order valence-electron chi connectivity index (χ0n) is 14.4. The Balaban J connectivity index is 1.95. The Morgan fingerprint density at radius 3 is 2.71 bits per heavy atom. The van der Waals surface area contributed by atoms with Crippen LogP contribution < -0.4 is 10.6 Å². The fraction of sp³-hybridized carbons (Fsp3) is 0.105. The molecule has 0 saturated carbocycles. The van der Waals surface area contributed by atoms with Crippen molar-refractivity contribution in [3.8, 4) is 5.75 Å². The largest absolute Gasteiger partial charge is 0.506 e. The maximum absolute atomic E-state index is 12.9. The van der Waals surface area contributed by atoms with E-state index in [1.165, 1.54) is 18.2 Å². The standard InChI is InChI=1S/C19H13ClN2O6/c1-27-16(24)14-15(21-12-4-2-3-5-13(12)23)17(25)28-19(14)10-8-9(20)6-7-11(10)22-18(19)26/h2-8,21,23H,1H3,(H,22,26). The zero-order valence-corrected chi connectivity index (χ0v) is 15.2. The molecule has 2 aromatic carbocycles. The predicted molar refractivity (Wildman–Crippen MR) is 98.6 cm³/mol. The molecule has 4 rings (SSSR count). The molecule has 0 fully saturated rings. The number of rotatable bonds is 3. The molecule has 2 aromatic rings. The number of amides is 1. The third kappa shape index (κ3) is 2.42. The second-order valence-corrected chi connectivity index (χ2v) is 6.53. The molecule has 28 heavy (non-hydrogen) atoms. The van der Waals surface area contributed by atoms with Crippen molar-refractivity contribution in [2.75, 3.05) is 17.7 Å². The highest BCUT2D eigenvalue weighted by molar-refractivity contribution is 6.31. The molecule has 9 heteroatoms. The number of esters is 2. The first kappa shape index (κ1) is 17.9. The Kier molecular flexibility index (Phi) is 4.01. The van der Waals surface area contributed by atoms with E-state index in [4.69, 9.17) is 21.1 Å². The summed E-state index contributed by atoms with van der Waals surface area (Å²) in [6.45, 7) is 0. The number of nitrogens with one attached hydrogen (secondary N) is 2. The van der Waals surface area contributed by atoms with Gasteiger partial charge in [0.05, 0.1) is 12.8 Å². The van der Waals surface area contributed by atoms with Gasteiger partial charge in [-0.15, -0.1) is 0 Å². The van der Waals surface area contributed by atoms with Crippen LogP contribution >= 0.6 is 11.6 Å². The van der Waals surface area contributed by atoms with Crippen LogP contribution in [-0.4, -0.2) is 30.1 Å². The van der Waals surface area contributed by atoms with Gasteiger partial charge in [0.2, 0.25) is 0 Å². The number of benzene rings is 2. The minimum Gasteiger partial charge on any atom is -0.506 e. The minimum absolute atomic E-state index is 0.151. The second-order valence-electron chi connectivity index (χ2n) is 6.10. The van der Waals surface area contributed by atoms with Crippen molar-refractivity contribution in [1.82, 2.24) is 0 Å². The van der Waals surface area contributed by atoms with Crippen molar-refractivity contribution >= 4 is 40.8 Å². The van der Waals surface area contributed by atoms with Crippen LogP contribution in [0.2, 0.25) is 5.02 Å². The van der Waals surface area contributed by atoms with Crippen molar-refractivity contribution in [2.24, 2.45) is 0 Å². The highest BCUT2D eigenvalue weighted by Gasteiger charge is 2.62. The number of phenols is 1. The molecule has 2 aliphatic rings. The van der Waals surface area contributed by atoms with Gasteiger partial charge in [-0.3, -0.25) is 4.79 Å². The van der Waals surface area contributed by atoms with Crippen molar-refractivity contribution in [2.45, 2.75) is 5.60 Å². The third-order valence-electron chi connectivity index (χ3n) is 4.53.